The minimum Gasteiger partial charge on any atom is -0.465 e. The second kappa shape index (κ2) is 7.61. The summed E-state index contributed by atoms with van der Waals surface area (Å²) in [6.07, 6.45) is 10.8. The van der Waals surface area contributed by atoms with Crippen molar-refractivity contribution in [3.8, 4) is 11.4 Å². The second-order valence-electron chi connectivity index (χ2n) is 8.37. The van der Waals surface area contributed by atoms with Gasteiger partial charge in [0.05, 0.1) is 17.1 Å². The maximum absolute atomic E-state index is 11.4. The van der Waals surface area contributed by atoms with Gasteiger partial charge in [0.1, 0.15) is 5.82 Å². The zero-order valence-electron chi connectivity index (χ0n) is 17.2. The fourth-order valence-electron chi connectivity index (χ4n) is 4.80. The number of amides is 1. The molecule has 0 aromatic carbocycles. The van der Waals surface area contributed by atoms with Gasteiger partial charge in [-0.2, -0.15) is 0 Å². The van der Waals surface area contributed by atoms with Crippen LogP contribution < -0.4 is 4.90 Å². The summed E-state index contributed by atoms with van der Waals surface area (Å²) in [5, 5.41) is 10.3. The molecule has 2 fully saturated rings. The van der Waals surface area contributed by atoms with Crippen LogP contribution in [0.4, 0.5) is 10.6 Å². The molecule has 1 amide bonds. The summed E-state index contributed by atoms with van der Waals surface area (Å²) in [6.45, 7) is 6.86. The van der Waals surface area contributed by atoms with Crippen LogP contribution in [0.3, 0.4) is 0 Å². The summed E-state index contributed by atoms with van der Waals surface area (Å²) in [4.78, 5) is 33.4. The Balaban J connectivity index is 1.52. The Labute approximate surface area is 180 Å². The quantitative estimate of drug-likeness (QED) is 0.695. The molecule has 5 heterocycles. The van der Waals surface area contributed by atoms with Gasteiger partial charge in [0, 0.05) is 55.9 Å². The minimum atomic E-state index is -0.814. The van der Waals surface area contributed by atoms with Gasteiger partial charge in [-0.15, -0.1) is 0 Å². The third-order valence-electron chi connectivity index (χ3n) is 6.61. The van der Waals surface area contributed by atoms with E-state index in [0.29, 0.717) is 18.9 Å². The Kier molecular flexibility index (Phi) is 4.77. The van der Waals surface area contributed by atoms with Crippen molar-refractivity contribution in [1.29, 1.82) is 0 Å². The van der Waals surface area contributed by atoms with Crippen molar-refractivity contribution < 1.29 is 9.90 Å². The van der Waals surface area contributed by atoms with Gasteiger partial charge >= 0.3 is 6.09 Å². The molecule has 2 aliphatic rings. The van der Waals surface area contributed by atoms with Crippen LogP contribution in [0.1, 0.15) is 24.8 Å². The lowest BCUT2D eigenvalue weighted by atomic mass is 9.77. The number of anilines is 1. The highest BCUT2D eigenvalue weighted by Gasteiger charge is 2.42. The minimum absolute atomic E-state index is 0.0779. The van der Waals surface area contributed by atoms with Gasteiger partial charge in [-0.05, 0) is 36.8 Å². The van der Waals surface area contributed by atoms with Crippen molar-refractivity contribution in [2.75, 3.05) is 31.1 Å². The van der Waals surface area contributed by atoms with E-state index in [1.165, 1.54) is 0 Å². The first-order valence-electron chi connectivity index (χ1n) is 10.5. The molecule has 0 radical (unpaired) electrons. The smallest absolute Gasteiger partial charge is 0.407 e. The molecule has 5 rings (SSSR count). The molecule has 8 heteroatoms. The SMILES string of the molecule is C=Cc1cncc2nc(-c3ccncc3)nc(N3CCC4(CCN(C(=O)O)C4)CC3)c12. The number of pyridine rings is 2. The van der Waals surface area contributed by atoms with Gasteiger partial charge in [-0.3, -0.25) is 9.97 Å². The van der Waals surface area contributed by atoms with Crippen LogP contribution in [0.5, 0.6) is 0 Å². The number of aromatic nitrogens is 4. The van der Waals surface area contributed by atoms with Crippen molar-refractivity contribution in [3.63, 3.8) is 0 Å². The predicted octanol–water partition coefficient (Wildman–Crippen LogP) is 3.70. The summed E-state index contributed by atoms with van der Waals surface area (Å²) >= 11 is 0. The van der Waals surface area contributed by atoms with Crippen molar-refractivity contribution in [1.82, 2.24) is 24.8 Å². The van der Waals surface area contributed by atoms with Crippen molar-refractivity contribution in [2.45, 2.75) is 19.3 Å². The van der Waals surface area contributed by atoms with Crippen molar-refractivity contribution in [2.24, 2.45) is 5.41 Å². The number of likely N-dealkylation sites (tertiary alicyclic amines) is 1. The highest BCUT2D eigenvalue weighted by Crippen LogP contribution is 2.42. The van der Waals surface area contributed by atoms with Gasteiger partial charge in [0.2, 0.25) is 0 Å². The molecular formula is C23H24N6O2. The van der Waals surface area contributed by atoms with Crippen LogP contribution in [0.15, 0.2) is 43.5 Å². The zero-order chi connectivity index (χ0) is 21.4. The standard InChI is InChI=1S/C23H24N6O2/c1-2-16-13-25-14-18-19(16)21(27-20(26-18)17-3-8-24-9-4-17)28-10-5-23(6-11-28)7-12-29(15-23)22(30)31/h2-4,8-9,13-14H,1,5-7,10-12,15H2,(H,30,31). The molecule has 3 aromatic heterocycles. The van der Waals surface area contributed by atoms with Crippen LogP contribution in [-0.4, -0.2) is 62.2 Å². The Morgan fingerprint density at radius 3 is 2.48 bits per heavy atom. The van der Waals surface area contributed by atoms with E-state index in [2.05, 4.69) is 21.4 Å². The number of rotatable bonds is 3. The van der Waals surface area contributed by atoms with E-state index in [1.54, 1.807) is 35.8 Å². The van der Waals surface area contributed by atoms with Crippen LogP contribution in [0.2, 0.25) is 0 Å². The average molecular weight is 416 g/mol. The summed E-state index contributed by atoms with van der Waals surface area (Å²) in [5.74, 6) is 1.53. The van der Waals surface area contributed by atoms with Crippen LogP contribution >= 0.6 is 0 Å². The lowest BCUT2D eigenvalue weighted by Gasteiger charge is -2.40. The highest BCUT2D eigenvalue weighted by molar-refractivity contribution is 5.97. The third-order valence-corrected chi connectivity index (χ3v) is 6.61. The van der Waals surface area contributed by atoms with E-state index in [4.69, 9.17) is 9.97 Å². The first-order chi connectivity index (χ1) is 15.1. The Morgan fingerprint density at radius 1 is 1.06 bits per heavy atom. The molecule has 31 heavy (non-hydrogen) atoms. The molecule has 0 saturated carbocycles. The summed E-state index contributed by atoms with van der Waals surface area (Å²) in [6, 6.07) is 3.81. The highest BCUT2D eigenvalue weighted by atomic mass is 16.4. The number of nitrogens with zero attached hydrogens (tertiary/aromatic N) is 6. The second-order valence-corrected chi connectivity index (χ2v) is 8.37. The fourth-order valence-corrected chi connectivity index (χ4v) is 4.80. The average Bonchev–Trinajstić information content (AvgIpc) is 3.23. The predicted molar refractivity (Wildman–Crippen MR) is 119 cm³/mol. The van der Waals surface area contributed by atoms with Gasteiger partial charge in [-0.1, -0.05) is 12.7 Å². The topological polar surface area (TPSA) is 95.3 Å². The molecule has 2 saturated heterocycles. The Bertz CT molecular complexity index is 1140. The summed E-state index contributed by atoms with van der Waals surface area (Å²) in [5.41, 5.74) is 2.68. The fraction of sp³-hybridized carbons (Fsp3) is 0.348. The normalized spacial score (nSPS) is 17.9. The molecular weight excluding hydrogens is 392 g/mol. The number of fused-ring (bicyclic) bond motifs is 1. The van der Waals surface area contributed by atoms with Gasteiger partial charge in [0.25, 0.3) is 0 Å². The molecule has 1 spiro atoms. The monoisotopic (exact) mass is 416 g/mol. The van der Waals surface area contributed by atoms with E-state index in [-0.39, 0.29) is 5.41 Å². The molecule has 8 nitrogen and oxygen atoms in total. The maximum Gasteiger partial charge on any atom is 0.407 e. The largest absolute Gasteiger partial charge is 0.465 e. The summed E-state index contributed by atoms with van der Waals surface area (Å²) in [7, 11) is 0. The zero-order valence-corrected chi connectivity index (χ0v) is 17.2. The number of carbonyl (C=O) groups is 1. The first kappa shape index (κ1) is 19.4. The molecule has 0 atom stereocenters. The Morgan fingerprint density at radius 2 is 1.81 bits per heavy atom. The molecule has 2 aliphatic heterocycles. The van der Waals surface area contributed by atoms with Crippen molar-refractivity contribution >= 4 is 28.9 Å². The number of hydrogen-bond acceptors (Lipinski definition) is 6. The lowest BCUT2D eigenvalue weighted by molar-refractivity contribution is 0.144. The van der Waals surface area contributed by atoms with E-state index in [0.717, 1.165) is 60.2 Å². The molecule has 0 unspecified atom stereocenters. The maximum atomic E-state index is 11.4. The van der Waals surface area contributed by atoms with E-state index in [9.17, 15) is 9.90 Å². The molecule has 158 valence electrons. The van der Waals surface area contributed by atoms with Crippen LogP contribution in [0.25, 0.3) is 28.4 Å². The molecule has 0 aliphatic carbocycles. The number of carboxylic acid groups (broad SMARTS) is 1. The van der Waals surface area contributed by atoms with Gasteiger partial charge < -0.3 is 14.9 Å². The van der Waals surface area contributed by atoms with Gasteiger partial charge in [0.15, 0.2) is 5.82 Å². The molecule has 1 N–H and O–H groups in total. The first-order valence-corrected chi connectivity index (χ1v) is 10.5. The van der Waals surface area contributed by atoms with E-state index < -0.39 is 6.09 Å². The van der Waals surface area contributed by atoms with Crippen molar-refractivity contribution in [3.05, 3.63) is 49.1 Å². The van der Waals surface area contributed by atoms with Gasteiger partial charge in [-0.25, -0.2) is 14.8 Å². The third kappa shape index (κ3) is 3.48. The molecule has 0 bridgehead atoms. The lowest BCUT2D eigenvalue weighted by Crippen LogP contribution is -2.42. The number of piperidine rings is 1. The van der Waals surface area contributed by atoms with Crippen LogP contribution in [-0.2, 0) is 0 Å². The van der Waals surface area contributed by atoms with E-state index >= 15 is 0 Å². The van der Waals surface area contributed by atoms with E-state index in [1.807, 2.05) is 12.1 Å². The number of hydrogen-bond donors (Lipinski definition) is 1. The van der Waals surface area contributed by atoms with Crippen LogP contribution in [0, 0.1) is 5.41 Å². The summed E-state index contributed by atoms with van der Waals surface area (Å²) < 4.78 is 0. The molecule has 3 aromatic rings. The Hall–Kier alpha value is -3.55.